The van der Waals surface area contributed by atoms with Crippen LogP contribution in [0, 0.1) is 13.8 Å². The first kappa shape index (κ1) is 19.7. The minimum absolute atomic E-state index is 0.125. The molecule has 0 amide bonds. The third-order valence-electron chi connectivity index (χ3n) is 5.94. The van der Waals surface area contributed by atoms with E-state index in [1.807, 2.05) is 31.4 Å². The molecule has 3 aromatic heterocycles. The Morgan fingerprint density at radius 1 is 1.23 bits per heavy atom. The second kappa shape index (κ2) is 7.49. The number of benzene rings is 1. The highest BCUT2D eigenvalue weighted by molar-refractivity contribution is 5.78. The third kappa shape index (κ3) is 3.38. The Morgan fingerprint density at radius 2 is 2.06 bits per heavy atom. The number of piperidine rings is 1. The lowest BCUT2D eigenvalue weighted by Crippen LogP contribution is -2.44. The summed E-state index contributed by atoms with van der Waals surface area (Å²) in [6.07, 6.45) is 3.68. The summed E-state index contributed by atoms with van der Waals surface area (Å²) < 4.78 is 9.30. The van der Waals surface area contributed by atoms with Gasteiger partial charge in [0.25, 0.3) is 5.56 Å². The summed E-state index contributed by atoms with van der Waals surface area (Å²) in [6.45, 7) is 8.48. The fraction of sp³-hybridized carbons (Fsp3) is 0.455. The molecule has 1 atom stereocenters. The normalized spacial score (nSPS) is 17.2. The highest BCUT2D eigenvalue weighted by Crippen LogP contribution is 2.24. The van der Waals surface area contributed by atoms with Crippen LogP contribution in [-0.4, -0.2) is 43.4 Å². The summed E-state index contributed by atoms with van der Waals surface area (Å²) in [5.74, 6) is 1.25. The van der Waals surface area contributed by atoms with Gasteiger partial charge in [0.05, 0.1) is 6.20 Å². The maximum absolute atomic E-state index is 13.3. The molecule has 31 heavy (non-hydrogen) atoms. The smallest absolute Gasteiger partial charge is 0.293 e. The van der Waals surface area contributed by atoms with Gasteiger partial charge in [-0.05, 0) is 50.8 Å². The van der Waals surface area contributed by atoms with Gasteiger partial charge in [0, 0.05) is 25.7 Å². The summed E-state index contributed by atoms with van der Waals surface area (Å²) in [6, 6.07) is 4.16. The molecule has 1 saturated heterocycles. The molecule has 0 unspecified atom stereocenters. The second-order valence-electron chi connectivity index (χ2n) is 8.38. The van der Waals surface area contributed by atoms with Gasteiger partial charge in [-0.15, -0.1) is 0 Å². The van der Waals surface area contributed by atoms with E-state index < -0.39 is 0 Å². The number of imidazole rings is 1. The van der Waals surface area contributed by atoms with E-state index in [1.54, 1.807) is 6.20 Å². The minimum atomic E-state index is -0.199. The fourth-order valence-corrected chi connectivity index (χ4v) is 4.54. The highest BCUT2D eigenvalue weighted by atomic mass is 16.3. The molecule has 0 radical (unpaired) electrons. The number of hydrogen-bond donors (Lipinski definition) is 1. The van der Waals surface area contributed by atoms with Crippen LogP contribution in [0.3, 0.4) is 0 Å². The number of aromatic nitrogens is 5. The van der Waals surface area contributed by atoms with Crippen LogP contribution >= 0.6 is 0 Å². The van der Waals surface area contributed by atoms with Crippen LogP contribution in [0.1, 0.15) is 36.8 Å². The van der Waals surface area contributed by atoms with Crippen molar-refractivity contribution < 1.29 is 4.42 Å². The van der Waals surface area contributed by atoms with Crippen molar-refractivity contribution in [3.05, 3.63) is 45.7 Å². The van der Waals surface area contributed by atoms with Crippen LogP contribution in [0.25, 0.3) is 22.1 Å². The summed E-state index contributed by atoms with van der Waals surface area (Å²) in [7, 11) is 0. The lowest BCUT2D eigenvalue weighted by molar-refractivity contribution is 0.481. The number of hydrogen-bond acceptors (Lipinski definition) is 7. The molecule has 1 aromatic carbocycles. The van der Waals surface area contributed by atoms with E-state index in [4.69, 9.17) is 15.1 Å². The second-order valence-corrected chi connectivity index (χ2v) is 8.38. The highest BCUT2D eigenvalue weighted by Gasteiger charge is 2.24. The number of anilines is 1. The molecule has 4 aromatic rings. The van der Waals surface area contributed by atoms with Crippen molar-refractivity contribution >= 4 is 28.1 Å². The molecule has 0 bridgehead atoms. The first-order valence-corrected chi connectivity index (χ1v) is 10.8. The fourth-order valence-electron chi connectivity index (χ4n) is 4.54. The average molecular weight is 422 g/mol. The van der Waals surface area contributed by atoms with Crippen LogP contribution in [0.2, 0.25) is 0 Å². The van der Waals surface area contributed by atoms with E-state index in [0.717, 1.165) is 54.1 Å². The standard InChI is InChI=1S/C22H27N7O2/c1-4-28-19-17(26-22(28)27-7-5-6-15(23)11-27)10-24-29(21(19)30)12-18-25-16-9-13(2)8-14(3)20(16)31-18/h8-10,15H,4-7,11-12,23H2,1-3H3/t15-/m1/s1. The Kier molecular flexibility index (Phi) is 4.77. The zero-order valence-corrected chi connectivity index (χ0v) is 18.1. The van der Waals surface area contributed by atoms with Crippen molar-refractivity contribution in [2.24, 2.45) is 5.73 Å². The molecule has 1 fully saturated rings. The van der Waals surface area contributed by atoms with Crippen molar-refractivity contribution in [1.29, 1.82) is 0 Å². The molecule has 0 saturated carbocycles. The van der Waals surface area contributed by atoms with E-state index in [2.05, 4.69) is 21.0 Å². The Hall–Kier alpha value is -3.20. The molecule has 9 heteroatoms. The molecule has 2 N–H and O–H groups in total. The summed E-state index contributed by atoms with van der Waals surface area (Å²) in [4.78, 5) is 24.8. The van der Waals surface area contributed by atoms with E-state index >= 15 is 0 Å². The lowest BCUT2D eigenvalue weighted by Gasteiger charge is -2.31. The van der Waals surface area contributed by atoms with Gasteiger partial charge in [0.15, 0.2) is 5.58 Å². The van der Waals surface area contributed by atoms with E-state index in [-0.39, 0.29) is 18.1 Å². The number of rotatable bonds is 4. The first-order valence-electron chi connectivity index (χ1n) is 10.8. The summed E-state index contributed by atoms with van der Waals surface area (Å²) >= 11 is 0. The van der Waals surface area contributed by atoms with Gasteiger partial charge in [-0.2, -0.15) is 5.10 Å². The van der Waals surface area contributed by atoms with Gasteiger partial charge >= 0.3 is 0 Å². The average Bonchev–Trinajstić information content (AvgIpc) is 3.31. The molecular formula is C22H27N7O2. The van der Waals surface area contributed by atoms with Crippen LogP contribution < -0.4 is 16.2 Å². The van der Waals surface area contributed by atoms with Crippen molar-refractivity contribution in [3.63, 3.8) is 0 Å². The number of aryl methyl sites for hydroxylation is 3. The molecular weight excluding hydrogens is 394 g/mol. The first-order chi connectivity index (χ1) is 14.9. The number of oxazole rings is 1. The van der Waals surface area contributed by atoms with E-state index in [1.165, 1.54) is 4.68 Å². The molecule has 0 spiro atoms. The van der Waals surface area contributed by atoms with Crippen molar-refractivity contribution in [3.8, 4) is 0 Å². The van der Waals surface area contributed by atoms with Gasteiger partial charge in [0.2, 0.25) is 11.8 Å². The van der Waals surface area contributed by atoms with E-state index in [0.29, 0.717) is 23.5 Å². The predicted octanol–water partition coefficient (Wildman–Crippen LogP) is 2.35. The third-order valence-corrected chi connectivity index (χ3v) is 5.94. The largest absolute Gasteiger partial charge is 0.438 e. The van der Waals surface area contributed by atoms with Gasteiger partial charge in [-0.3, -0.25) is 4.79 Å². The zero-order chi connectivity index (χ0) is 21.7. The predicted molar refractivity (Wildman–Crippen MR) is 119 cm³/mol. The Bertz CT molecular complexity index is 1330. The maximum atomic E-state index is 13.3. The lowest BCUT2D eigenvalue weighted by atomic mass is 10.1. The quantitative estimate of drug-likeness (QED) is 0.539. The summed E-state index contributed by atoms with van der Waals surface area (Å²) in [5, 5.41) is 4.35. The van der Waals surface area contributed by atoms with Gasteiger partial charge in [-0.1, -0.05) is 6.07 Å². The van der Waals surface area contributed by atoms with Crippen LogP contribution in [0.4, 0.5) is 5.95 Å². The van der Waals surface area contributed by atoms with Crippen LogP contribution in [0.5, 0.6) is 0 Å². The maximum Gasteiger partial charge on any atom is 0.293 e. The summed E-state index contributed by atoms with van der Waals surface area (Å²) in [5.41, 5.74) is 10.8. The van der Waals surface area contributed by atoms with Crippen molar-refractivity contribution in [2.45, 2.75) is 52.7 Å². The molecule has 5 rings (SSSR count). The number of fused-ring (bicyclic) bond motifs is 2. The van der Waals surface area contributed by atoms with Crippen LogP contribution in [-0.2, 0) is 13.1 Å². The van der Waals surface area contributed by atoms with Gasteiger partial charge in [-0.25, -0.2) is 14.6 Å². The molecule has 4 heterocycles. The molecule has 9 nitrogen and oxygen atoms in total. The molecule has 1 aliphatic rings. The zero-order valence-electron chi connectivity index (χ0n) is 18.1. The SMILES string of the molecule is CCn1c(N2CCC[C@@H](N)C2)nc2cnn(Cc3nc4cc(C)cc(C)c4o3)c(=O)c21. The number of nitrogens with two attached hydrogens (primary N) is 1. The Labute approximate surface area is 179 Å². The van der Waals surface area contributed by atoms with Crippen molar-refractivity contribution in [1.82, 2.24) is 24.3 Å². The topological polar surface area (TPSA) is 108 Å². The molecule has 1 aliphatic heterocycles. The van der Waals surface area contributed by atoms with Gasteiger partial charge < -0.3 is 19.6 Å². The Morgan fingerprint density at radius 3 is 2.84 bits per heavy atom. The molecule has 0 aliphatic carbocycles. The Balaban J connectivity index is 1.55. The minimum Gasteiger partial charge on any atom is -0.438 e. The van der Waals surface area contributed by atoms with Crippen LogP contribution in [0.15, 0.2) is 27.5 Å². The van der Waals surface area contributed by atoms with E-state index in [9.17, 15) is 4.79 Å². The number of nitrogens with zero attached hydrogens (tertiary/aromatic N) is 6. The van der Waals surface area contributed by atoms with Gasteiger partial charge in [0.1, 0.15) is 23.1 Å². The molecule has 162 valence electrons. The van der Waals surface area contributed by atoms with Crippen molar-refractivity contribution in [2.75, 3.05) is 18.0 Å². The monoisotopic (exact) mass is 421 g/mol.